The van der Waals surface area contributed by atoms with Crippen LogP contribution in [0.1, 0.15) is 22.8 Å². The van der Waals surface area contributed by atoms with Crippen LogP contribution in [0, 0.1) is 5.82 Å². The average molecular weight is 268 g/mol. The molecule has 2 rings (SSSR count). The Labute approximate surface area is 116 Å². The third-order valence-corrected chi connectivity index (χ3v) is 2.84. The molecule has 0 aliphatic heterocycles. The first-order chi connectivity index (χ1) is 9.58. The summed E-state index contributed by atoms with van der Waals surface area (Å²) in [4.78, 5) is 24.0. The highest BCUT2D eigenvalue weighted by molar-refractivity contribution is 6.28. The SMILES string of the molecule is CC(=O)C(=Cc1ccc(F)cc1)C(=O)c1ccccc1. The Balaban J connectivity index is 2.39. The standard InChI is InChI=1S/C17H13FO2/c1-12(19)16(11-13-7-9-15(18)10-8-13)17(20)14-5-3-2-4-6-14/h2-11H,1H3. The fourth-order valence-electron chi connectivity index (χ4n) is 1.80. The second kappa shape index (κ2) is 6.06. The van der Waals surface area contributed by atoms with Gasteiger partial charge in [0.15, 0.2) is 11.6 Å². The Hall–Kier alpha value is -2.55. The van der Waals surface area contributed by atoms with Crippen molar-refractivity contribution in [2.45, 2.75) is 6.92 Å². The van der Waals surface area contributed by atoms with Crippen LogP contribution in [0.4, 0.5) is 4.39 Å². The van der Waals surface area contributed by atoms with Gasteiger partial charge in [0.05, 0.1) is 5.57 Å². The lowest BCUT2D eigenvalue weighted by atomic mass is 9.98. The summed E-state index contributed by atoms with van der Waals surface area (Å²) in [6.45, 7) is 1.34. The number of carbonyl (C=O) groups is 2. The second-order valence-corrected chi connectivity index (χ2v) is 4.36. The van der Waals surface area contributed by atoms with Crippen molar-refractivity contribution in [3.8, 4) is 0 Å². The van der Waals surface area contributed by atoms with Gasteiger partial charge in [-0.3, -0.25) is 9.59 Å². The minimum Gasteiger partial charge on any atom is -0.294 e. The van der Waals surface area contributed by atoms with Crippen LogP contribution in [-0.4, -0.2) is 11.6 Å². The summed E-state index contributed by atoms with van der Waals surface area (Å²) in [6.07, 6.45) is 1.48. The van der Waals surface area contributed by atoms with Crippen LogP contribution in [0.15, 0.2) is 60.2 Å². The molecule has 100 valence electrons. The Morgan fingerprint density at radius 3 is 2.10 bits per heavy atom. The fourth-order valence-corrected chi connectivity index (χ4v) is 1.80. The number of ketones is 2. The van der Waals surface area contributed by atoms with E-state index in [9.17, 15) is 14.0 Å². The summed E-state index contributed by atoms with van der Waals surface area (Å²) in [5, 5.41) is 0. The summed E-state index contributed by atoms with van der Waals surface area (Å²) < 4.78 is 12.9. The molecule has 2 nitrogen and oxygen atoms in total. The van der Waals surface area contributed by atoms with Crippen molar-refractivity contribution in [3.63, 3.8) is 0 Å². The van der Waals surface area contributed by atoms with Crippen LogP contribution in [0.25, 0.3) is 6.08 Å². The monoisotopic (exact) mass is 268 g/mol. The lowest BCUT2D eigenvalue weighted by molar-refractivity contribution is -0.113. The fraction of sp³-hybridized carbons (Fsp3) is 0.0588. The highest BCUT2D eigenvalue weighted by atomic mass is 19.1. The van der Waals surface area contributed by atoms with Crippen LogP contribution in [0.3, 0.4) is 0 Å². The predicted octanol–water partition coefficient (Wildman–Crippen LogP) is 3.68. The summed E-state index contributed by atoms with van der Waals surface area (Å²) in [5.41, 5.74) is 1.15. The Morgan fingerprint density at radius 2 is 1.55 bits per heavy atom. The molecule has 0 spiro atoms. The maximum Gasteiger partial charge on any atom is 0.196 e. The summed E-state index contributed by atoms with van der Waals surface area (Å²) in [7, 11) is 0. The number of rotatable bonds is 4. The van der Waals surface area contributed by atoms with E-state index < -0.39 is 0 Å². The molecule has 0 saturated carbocycles. The van der Waals surface area contributed by atoms with E-state index in [1.165, 1.54) is 37.3 Å². The van der Waals surface area contributed by atoms with Gasteiger partial charge < -0.3 is 0 Å². The third kappa shape index (κ3) is 3.26. The molecule has 2 aromatic carbocycles. The third-order valence-electron chi connectivity index (χ3n) is 2.84. The van der Waals surface area contributed by atoms with Crippen molar-refractivity contribution in [1.29, 1.82) is 0 Å². The van der Waals surface area contributed by atoms with E-state index in [1.54, 1.807) is 30.3 Å². The van der Waals surface area contributed by atoms with Gasteiger partial charge in [0.1, 0.15) is 5.82 Å². The summed E-state index contributed by atoms with van der Waals surface area (Å²) in [5.74, 6) is -1.01. The van der Waals surface area contributed by atoms with Crippen molar-refractivity contribution < 1.29 is 14.0 Å². The minimum atomic E-state index is -0.360. The molecule has 0 bridgehead atoms. The first-order valence-corrected chi connectivity index (χ1v) is 6.16. The maximum atomic E-state index is 12.9. The Bertz CT molecular complexity index is 655. The van der Waals surface area contributed by atoms with Gasteiger partial charge in [-0.05, 0) is 30.7 Å². The number of hydrogen-bond donors (Lipinski definition) is 0. The molecule has 0 amide bonds. The van der Waals surface area contributed by atoms with E-state index in [4.69, 9.17) is 0 Å². The van der Waals surface area contributed by atoms with Crippen molar-refractivity contribution in [3.05, 3.63) is 77.1 Å². The molecule has 20 heavy (non-hydrogen) atoms. The second-order valence-electron chi connectivity index (χ2n) is 4.36. The normalized spacial score (nSPS) is 11.2. The lowest BCUT2D eigenvalue weighted by Crippen LogP contribution is -2.10. The van der Waals surface area contributed by atoms with Gasteiger partial charge in [-0.1, -0.05) is 42.5 Å². The molecule has 0 fully saturated rings. The van der Waals surface area contributed by atoms with E-state index >= 15 is 0 Å². The first kappa shape index (κ1) is 13.9. The smallest absolute Gasteiger partial charge is 0.196 e. The highest BCUT2D eigenvalue weighted by Gasteiger charge is 2.16. The zero-order valence-electron chi connectivity index (χ0n) is 11.0. The van der Waals surface area contributed by atoms with Gasteiger partial charge in [-0.2, -0.15) is 0 Å². The number of carbonyl (C=O) groups excluding carboxylic acids is 2. The van der Waals surface area contributed by atoms with E-state index in [0.717, 1.165) is 0 Å². The highest BCUT2D eigenvalue weighted by Crippen LogP contribution is 2.14. The van der Waals surface area contributed by atoms with Crippen molar-refractivity contribution >= 4 is 17.6 Å². The zero-order chi connectivity index (χ0) is 14.5. The van der Waals surface area contributed by atoms with Crippen LogP contribution in [-0.2, 0) is 4.79 Å². The van der Waals surface area contributed by atoms with Gasteiger partial charge in [0.25, 0.3) is 0 Å². The van der Waals surface area contributed by atoms with Crippen LogP contribution in [0.5, 0.6) is 0 Å². The molecule has 0 heterocycles. The topological polar surface area (TPSA) is 34.1 Å². The van der Waals surface area contributed by atoms with Crippen LogP contribution < -0.4 is 0 Å². The Morgan fingerprint density at radius 1 is 0.950 bits per heavy atom. The van der Waals surface area contributed by atoms with Gasteiger partial charge in [-0.25, -0.2) is 4.39 Å². The number of halogens is 1. The van der Waals surface area contributed by atoms with Crippen molar-refractivity contribution in [2.75, 3.05) is 0 Å². The van der Waals surface area contributed by atoms with E-state index in [0.29, 0.717) is 11.1 Å². The molecule has 0 aliphatic carbocycles. The number of allylic oxidation sites excluding steroid dienone is 1. The molecule has 0 unspecified atom stereocenters. The zero-order valence-corrected chi connectivity index (χ0v) is 11.0. The maximum absolute atomic E-state index is 12.9. The Kier molecular flexibility index (Phi) is 4.20. The molecule has 0 atom stereocenters. The molecule has 0 saturated heterocycles. The van der Waals surface area contributed by atoms with Gasteiger partial charge in [0.2, 0.25) is 0 Å². The molecular formula is C17H13FO2. The molecular weight excluding hydrogens is 255 g/mol. The number of benzene rings is 2. The molecule has 3 heteroatoms. The molecule has 0 aliphatic rings. The summed E-state index contributed by atoms with van der Waals surface area (Å²) >= 11 is 0. The summed E-state index contributed by atoms with van der Waals surface area (Å²) in [6, 6.07) is 14.2. The molecule has 0 radical (unpaired) electrons. The average Bonchev–Trinajstić information content (AvgIpc) is 2.46. The van der Waals surface area contributed by atoms with Crippen molar-refractivity contribution in [2.24, 2.45) is 0 Å². The predicted molar refractivity (Wildman–Crippen MR) is 75.8 cm³/mol. The van der Waals surface area contributed by atoms with Crippen LogP contribution in [0.2, 0.25) is 0 Å². The van der Waals surface area contributed by atoms with Gasteiger partial charge in [0, 0.05) is 5.56 Å². The van der Waals surface area contributed by atoms with Crippen LogP contribution >= 0.6 is 0 Å². The lowest BCUT2D eigenvalue weighted by Gasteiger charge is -2.03. The molecule has 2 aromatic rings. The van der Waals surface area contributed by atoms with E-state index in [2.05, 4.69) is 0 Å². The number of hydrogen-bond acceptors (Lipinski definition) is 2. The van der Waals surface area contributed by atoms with Gasteiger partial charge >= 0.3 is 0 Å². The molecule has 0 aromatic heterocycles. The van der Waals surface area contributed by atoms with Gasteiger partial charge in [-0.15, -0.1) is 0 Å². The first-order valence-electron chi connectivity index (χ1n) is 6.16. The number of Topliss-reactive ketones (excluding diaryl/α,β-unsaturated/α-hetero) is 2. The quantitative estimate of drug-likeness (QED) is 0.367. The van der Waals surface area contributed by atoms with E-state index in [1.807, 2.05) is 0 Å². The largest absolute Gasteiger partial charge is 0.294 e. The van der Waals surface area contributed by atoms with Crippen molar-refractivity contribution in [1.82, 2.24) is 0 Å². The van der Waals surface area contributed by atoms with E-state index in [-0.39, 0.29) is 23.0 Å². The molecule has 0 N–H and O–H groups in total. The minimum absolute atomic E-state index is 0.0859.